The quantitative estimate of drug-likeness (QED) is 0.194. The number of hydrogen-bond acceptors (Lipinski definition) is 7. The predicted molar refractivity (Wildman–Crippen MR) is 152 cm³/mol. The van der Waals surface area contributed by atoms with Crippen LogP contribution in [0.25, 0.3) is 27.6 Å². The van der Waals surface area contributed by atoms with Gasteiger partial charge in [0, 0.05) is 29.1 Å². The number of nitrogens with one attached hydrogen (secondary N) is 3. The van der Waals surface area contributed by atoms with Crippen LogP contribution in [0.15, 0.2) is 83.9 Å². The van der Waals surface area contributed by atoms with Crippen LogP contribution in [-0.2, 0) is 0 Å². The molecule has 13 heteroatoms. The third-order valence-electron chi connectivity index (χ3n) is 5.88. The standard InChI is InChI=1S/C27H17Cl2N7O4/c28-17-6-5-14(11-18(17)29)36-22(12-23(37)35-36)33-27(39)32-19-7-8-20(16-4-2-1-3-15(16)19)40-21-9-10-30-26-25(21)31-13-24(38)34-26/h1-13H,(H,35,37)(H,30,34,38)(H2,32,33,39). The summed E-state index contributed by atoms with van der Waals surface area (Å²) in [7, 11) is 0. The SMILES string of the molecule is O=C(Nc1ccc(Oc2ccnc3[nH]c(=O)cnc23)c2ccccc12)Nc1cc(O)nn1-c1ccc(Cl)c(Cl)c1. The van der Waals surface area contributed by atoms with Gasteiger partial charge in [-0.3, -0.25) is 10.1 Å². The number of aromatic hydroxyl groups is 1. The molecule has 40 heavy (non-hydrogen) atoms. The highest BCUT2D eigenvalue weighted by Gasteiger charge is 2.16. The molecule has 4 N–H and O–H groups in total. The zero-order valence-electron chi connectivity index (χ0n) is 20.2. The lowest BCUT2D eigenvalue weighted by Crippen LogP contribution is -2.21. The van der Waals surface area contributed by atoms with Crippen molar-refractivity contribution in [2.24, 2.45) is 0 Å². The van der Waals surface area contributed by atoms with Crippen LogP contribution in [0.4, 0.5) is 16.3 Å². The minimum atomic E-state index is -0.576. The number of pyridine rings is 1. The molecular weight excluding hydrogens is 557 g/mol. The number of amides is 2. The maximum absolute atomic E-state index is 13.0. The Hall–Kier alpha value is -5.13. The normalized spacial score (nSPS) is 11.1. The van der Waals surface area contributed by atoms with E-state index in [1.54, 1.807) is 36.4 Å². The average Bonchev–Trinajstić information content (AvgIpc) is 3.31. The van der Waals surface area contributed by atoms with E-state index in [1.807, 2.05) is 24.3 Å². The summed E-state index contributed by atoms with van der Waals surface area (Å²) in [5.74, 6) is 0.813. The predicted octanol–water partition coefficient (Wildman–Crippen LogP) is 6.11. The van der Waals surface area contributed by atoms with Crippen LogP contribution >= 0.6 is 23.2 Å². The Balaban J connectivity index is 1.28. The first-order valence-electron chi connectivity index (χ1n) is 11.7. The molecule has 0 radical (unpaired) electrons. The first kappa shape index (κ1) is 25.2. The summed E-state index contributed by atoms with van der Waals surface area (Å²) in [6.45, 7) is 0. The van der Waals surface area contributed by atoms with Gasteiger partial charge >= 0.3 is 6.03 Å². The molecule has 0 spiro atoms. The summed E-state index contributed by atoms with van der Waals surface area (Å²) in [4.78, 5) is 35.6. The molecule has 0 saturated heterocycles. The summed E-state index contributed by atoms with van der Waals surface area (Å²) in [5, 5.41) is 21.6. The highest BCUT2D eigenvalue weighted by Crippen LogP contribution is 2.36. The van der Waals surface area contributed by atoms with Gasteiger partial charge in [-0.25, -0.2) is 19.4 Å². The summed E-state index contributed by atoms with van der Waals surface area (Å²) in [6, 6.07) is 17.9. The summed E-state index contributed by atoms with van der Waals surface area (Å²) < 4.78 is 7.50. The van der Waals surface area contributed by atoms with Crippen molar-refractivity contribution in [3.8, 4) is 23.1 Å². The van der Waals surface area contributed by atoms with Crippen molar-refractivity contribution >= 4 is 62.7 Å². The number of benzene rings is 3. The molecule has 198 valence electrons. The maximum Gasteiger partial charge on any atom is 0.324 e. The zero-order valence-corrected chi connectivity index (χ0v) is 21.7. The Labute approximate surface area is 235 Å². The smallest absolute Gasteiger partial charge is 0.324 e. The number of anilines is 2. The topological polar surface area (TPSA) is 147 Å². The Kier molecular flexibility index (Phi) is 6.42. The van der Waals surface area contributed by atoms with Crippen molar-refractivity contribution < 1.29 is 14.6 Å². The van der Waals surface area contributed by atoms with Gasteiger partial charge in [-0.1, -0.05) is 47.5 Å². The monoisotopic (exact) mass is 573 g/mol. The molecule has 0 unspecified atom stereocenters. The summed E-state index contributed by atoms with van der Waals surface area (Å²) in [6.07, 6.45) is 2.67. The Bertz CT molecular complexity index is 1990. The van der Waals surface area contributed by atoms with Gasteiger partial charge in [-0.2, -0.15) is 0 Å². The number of carbonyl (C=O) groups is 1. The molecule has 11 nitrogen and oxygen atoms in total. The van der Waals surface area contributed by atoms with E-state index in [-0.39, 0.29) is 17.3 Å². The van der Waals surface area contributed by atoms with Crippen molar-refractivity contribution in [2.45, 2.75) is 0 Å². The minimum Gasteiger partial charge on any atom is -0.492 e. The number of halogens is 2. The highest BCUT2D eigenvalue weighted by molar-refractivity contribution is 6.42. The molecule has 3 aromatic heterocycles. The van der Waals surface area contributed by atoms with Crippen molar-refractivity contribution in [1.29, 1.82) is 0 Å². The van der Waals surface area contributed by atoms with E-state index in [1.165, 1.54) is 16.9 Å². The van der Waals surface area contributed by atoms with Crippen LogP contribution in [0.2, 0.25) is 10.0 Å². The molecule has 0 saturated carbocycles. The van der Waals surface area contributed by atoms with Gasteiger partial charge < -0.3 is 20.1 Å². The number of aromatic amines is 1. The average molecular weight is 574 g/mol. The van der Waals surface area contributed by atoms with E-state index in [9.17, 15) is 14.7 Å². The summed E-state index contributed by atoms with van der Waals surface area (Å²) >= 11 is 12.1. The van der Waals surface area contributed by atoms with E-state index in [4.69, 9.17) is 27.9 Å². The fourth-order valence-corrected chi connectivity index (χ4v) is 4.43. The molecule has 0 aliphatic carbocycles. The molecular formula is C27H17Cl2N7O4. The van der Waals surface area contributed by atoms with Crippen LogP contribution < -0.4 is 20.9 Å². The molecule has 0 aliphatic rings. The number of urea groups is 1. The van der Waals surface area contributed by atoms with E-state index in [0.717, 1.165) is 6.20 Å². The van der Waals surface area contributed by atoms with E-state index < -0.39 is 6.03 Å². The molecule has 0 bridgehead atoms. The highest BCUT2D eigenvalue weighted by atomic mass is 35.5. The second kappa shape index (κ2) is 10.2. The number of rotatable bonds is 5. The van der Waals surface area contributed by atoms with E-state index in [0.29, 0.717) is 54.9 Å². The lowest BCUT2D eigenvalue weighted by Gasteiger charge is -2.14. The number of carbonyl (C=O) groups excluding carboxylic acids is 1. The first-order chi connectivity index (χ1) is 19.4. The largest absolute Gasteiger partial charge is 0.492 e. The number of H-pyrrole nitrogens is 1. The molecule has 0 aliphatic heterocycles. The van der Waals surface area contributed by atoms with Crippen molar-refractivity contribution in [1.82, 2.24) is 24.7 Å². The lowest BCUT2D eigenvalue weighted by molar-refractivity contribution is 0.262. The molecule has 6 rings (SSSR count). The van der Waals surface area contributed by atoms with Crippen LogP contribution in [0.5, 0.6) is 17.4 Å². The lowest BCUT2D eigenvalue weighted by atomic mass is 10.1. The van der Waals surface area contributed by atoms with Gasteiger partial charge in [-0.15, -0.1) is 5.10 Å². The number of ether oxygens (including phenoxy) is 1. The van der Waals surface area contributed by atoms with Gasteiger partial charge in [0.2, 0.25) is 5.88 Å². The molecule has 6 aromatic rings. The fourth-order valence-electron chi connectivity index (χ4n) is 4.14. The maximum atomic E-state index is 13.0. The Morgan fingerprint density at radius 3 is 2.58 bits per heavy atom. The number of nitrogens with zero attached hydrogens (tertiary/aromatic N) is 4. The number of hydrogen-bond donors (Lipinski definition) is 4. The molecule has 0 fully saturated rings. The van der Waals surface area contributed by atoms with Gasteiger partial charge in [0.1, 0.15) is 17.1 Å². The molecule has 3 heterocycles. The summed E-state index contributed by atoms with van der Waals surface area (Å²) in [5.41, 5.74) is 1.32. The fraction of sp³-hybridized carbons (Fsp3) is 0. The van der Waals surface area contributed by atoms with Crippen LogP contribution in [0.3, 0.4) is 0 Å². The molecule has 3 aromatic carbocycles. The van der Waals surface area contributed by atoms with Crippen LogP contribution in [-0.4, -0.2) is 35.9 Å². The number of aromatic nitrogens is 5. The van der Waals surface area contributed by atoms with Gasteiger partial charge in [0.25, 0.3) is 5.56 Å². The third-order valence-corrected chi connectivity index (χ3v) is 6.62. The van der Waals surface area contributed by atoms with Gasteiger partial charge in [-0.05, 0) is 30.3 Å². The second-order valence-corrected chi connectivity index (χ2v) is 9.30. The minimum absolute atomic E-state index is 0.202. The molecule has 0 atom stereocenters. The van der Waals surface area contributed by atoms with Crippen molar-refractivity contribution in [3.63, 3.8) is 0 Å². The Morgan fingerprint density at radius 1 is 0.925 bits per heavy atom. The van der Waals surface area contributed by atoms with E-state index in [2.05, 4.69) is 30.7 Å². The number of fused-ring (bicyclic) bond motifs is 2. The van der Waals surface area contributed by atoms with Crippen LogP contribution in [0.1, 0.15) is 0 Å². The first-order valence-corrected chi connectivity index (χ1v) is 12.5. The van der Waals surface area contributed by atoms with Crippen molar-refractivity contribution in [2.75, 3.05) is 10.6 Å². The van der Waals surface area contributed by atoms with E-state index >= 15 is 0 Å². The van der Waals surface area contributed by atoms with Crippen LogP contribution in [0, 0.1) is 0 Å². The van der Waals surface area contributed by atoms with Gasteiger partial charge in [0.15, 0.2) is 11.4 Å². The third kappa shape index (κ3) is 4.86. The van der Waals surface area contributed by atoms with Gasteiger partial charge in [0.05, 0.1) is 27.6 Å². The Morgan fingerprint density at radius 2 is 1.75 bits per heavy atom. The second-order valence-electron chi connectivity index (χ2n) is 8.49. The molecule has 2 amide bonds. The zero-order chi connectivity index (χ0) is 27.8. The van der Waals surface area contributed by atoms with Crippen molar-refractivity contribution in [3.05, 3.63) is 99.5 Å².